The predicted molar refractivity (Wildman–Crippen MR) is 109 cm³/mol. The molecule has 1 atom stereocenters. The van der Waals surface area contributed by atoms with E-state index in [1.54, 1.807) is 0 Å². The van der Waals surface area contributed by atoms with Crippen LogP contribution in [0.3, 0.4) is 0 Å². The van der Waals surface area contributed by atoms with Crippen LogP contribution in [0.15, 0.2) is 67.0 Å². The lowest BCUT2D eigenvalue weighted by atomic mass is 9.99. The Bertz CT molecular complexity index is 870. The summed E-state index contributed by atoms with van der Waals surface area (Å²) >= 11 is 0. The molecule has 0 bridgehead atoms. The quantitative estimate of drug-likeness (QED) is 0.658. The molecule has 0 spiro atoms. The highest BCUT2D eigenvalue weighted by atomic mass is 16.1. The van der Waals surface area contributed by atoms with E-state index in [1.165, 1.54) is 5.56 Å². The van der Waals surface area contributed by atoms with Gasteiger partial charge in [-0.1, -0.05) is 55.5 Å². The second kappa shape index (κ2) is 9.17. The van der Waals surface area contributed by atoms with Crippen molar-refractivity contribution in [2.75, 3.05) is 6.54 Å². The molecule has 4 heteroatoms. The molecule has 1 amide bonds. The summed E-state index contributed by atoms with van der Waals surface area (Å²) in [5.41, 5.74) is 3.16. The summed E-state index contributed by atoms with van der Waals surface area (Å²) in [6, 6.07) is 18.3. The maximum atomic E-state index is 12.7. The number of imidazole rings is 1. The van der Waals surface area contributed by atoms with Gasteiger partial charge in [0.25, 0.3) is 5.91 Å². The third-order valence-corrected chi connectivity index (χ3v) is 4.83. The lowest BCUT2D eigenvalue weighted by molar-refractivity contribution is 0.0946. The van der Waals surface area contributed by atoms with E-state index < -0.39 is 0 Å². The fourth-order valence-electron chi connectivity index (χ4n) is 3.24. The molecule has 4 nitrogen and oxygen atoms in total. The molecule has 3 aromatic rings. The van der Waals surface area contributed by atoms with Crippen LogP contribution in [0.5, 0.6) is 0 Å². The highest BCUT2D eigenvalue weighted by molar-refractivity contribution is 5.95. The first-order valence-corrected chi connectivity index (χ1v) is 9.51. The number of amides is 1. The molecule has 1 unspecified atom stereocenters. The van der Waals surface area contributed by atoms with Gasteiger partial charge in [0.15, 0.2) is 0 Å². The van der Waals surface area contributed by atoms with Crippen LogP contribution < -0.4 is 5.32 Å². The molecule has 0 aliphatic rings. The van der Waals surface area contributed by atoms with Crippen molar-refractivity contribution < 1.29 is 4.79 Å². The molecule has 0 saturated heterocycles. The van der Waals surface area contributed by atoms with E-state index in [0.29, 0.717) is 12.5 Å². The van der Waals surface area contributed by atoms with Gasteiger partial charge in [-0.2, -0.15) is 0 Å². The van der Waals surface area contributed by atoms with Gasteiger partial charge < -0.3 is 9.88 Å². The van der Waals surface area contributed by atoms with Gasteiger partial charge in [-0.15, -0.1) is 0 Å². The number of carbonyl (C=O) groups is 1. The Morgan fingerprint density at radius 2 is 1.81 bits per heavy atom. The van der Waals surface area contributed by atoms with Crippen molar-refractivity contribution in [3.8, 4) is 0 Å². The predicted octanol–water partition coefficient (Wildman–Crippen LogP) is 4.04. The second-order valence-corrected chi connectivity index (χ2v) is 7.08. The fourth-order valence-corrected chi connectivity index (χ4v) is 3.24. The SMILES string of the molecule is Cc1nccn1CC(C)CNC(=O)c1ccccc1CCc1ccccc1. The van der Waals surface area contributed by atoms with Gasteiger partial charge in [0.1, 0.15) is 5.82 Å². The van der Waals surface area contributed by atoms with Gasteiger partial charge in [-0.3, -0.25) is 4.79 Å². The lowest BCUT2D eigenvalue weighted by Crippen LogP contribution is -2.30. The maximum Gasteiger partial charge on any atom is 0.251 e. The molecule has 3 rings (SSSR count). The first-order chi connectivity index (χ1) is 13.1. The normalized spacial score (nSPS) is 11.9. The number of carbonyl (C=O) groups excluding carboxylic acids is 1. The fraction of sp³-hybridized carbons (Fsp3) is 0.304. The number of rotatable bonds is 8. The Morgan fingerprint density at radius 3 is 2.56 bits per heavy atom. The topological polar surface area (TPSA) is 46.9 Å². The van der Waals surface area contributed by atoms with Crippen molar-refractivity contribution in [3.63, 3.8) is 0 Å². The number of aromatic nitrogens is 2. The summed E-state index contributed by atoms with van der Waals surface area (Å²) in [5, 5.41) is 3.10. The van der Waals surface area contributed by atoms with Crippen LogP contribution in [0.4, 0.5) is 0 Å². The van der Waals surface area contributed by atoms with E-state index in [2.05, 4.69) is 52.1 Å². The first kappa shape index (κ1) is 18.9. The third-order valence-electron chi connectivity index (χ3n) is 4.83. The van der Waals surface area contributed by atoms with Crippen LogP contribution in [-0.2, 0) is 19.4 Å². The molecule has 0 aliphatic heterocycles. The minimum absolute atomic E-state index is 0.00728. The molecule has 140 valence electrons. The lowest BCUT2D eigenvalue weighted by Gasteiger charge is -2.15. The van der Waals surface area contributed by atoms with E-state index in [0.717, 1.165) is 36.3 Å². The van der Waals surface area contributed by atoms with Crippen LogP contribution in [0.1, 0.15) is 34.2 Å². The molecule has 0 radical (unpaired) electrons. The number of nitrogens with one attached hydrogen (secondary N) is 1. The van der Waals surface area contributed by atoms with Gasteiger partial charge in [0.2, 0.25) is 0 Å². The zero-order valence-corrected chi connectivity index (χ0v) is 16.1. The van der Waals surface area contributed by atoms with Crippen LogP contribution in [0.2, 0.25) is 0 Å². The number of aryl methyl sites for hydroxylation is 3. The molecular formula is C23H27N3O. The van der Waals surface area contributed by atoms with Gasteiger partial charge in [0, 0.05) is 31.0 Å². The summed E-state index contributed by atoms with van der Waals surface area (Å²) in [4.78, 5) is 17.0. The highest BCUT2D eigenvalue weighted by Gasteiger charge is 2.12. The van der Waals surface area contributed by atoms with Crippen molar-refractivity contribution in [2.45, 2.75) is 33.2 Å². The molecule has 1 heterocycles. The number of hydrogen-bond donors (Lipinski definition) is 1. The van der Waals surface area contributed by atoms with E-state index in [1.807, 2.05) is 43.6 Å². The highest BCUT2D eigenvalue weighted by Crippen LogP contribution is 2.13. The summed E-state index contributed by atoms with van der Waals surface area (Å²) < 4.78 is 2.12. The molecule has 0 saturated carbocycles. The molecule has 2 aromatic carbocycles. The van der Waals surface area contributed by atoms with Crippen LogP contribution in [-0.4, -0.2) is 22.0 Å². The first-order valence-electron chi connectivity index (χ1n) is 9.51. The van der Waals surface area contributed by atoms with E-state index in [-0.39, 0.29) is 5.91 Å². The monoisotopic (exact) mass is 361 g/mol. The van der Waals surface area contributed by atoms with E-state index >= 15 is 0 Å². The average molecular weight is 361 g/mol. The number of nitrogens with zero attached hydrogens (tertiary/aromatic N) is 2. The van der Waals surface area contributed by atoms with Crippen molar-refractivity contribution in [3.05, 3.63) is 89.5 Å². The van der Waals surface area contributed by atoms with Gasteiger partial charge >= 0.3 is 0 Å². The number of benzene rings is 2. The average Bonchev–Trinajstić information content (AvgIpc) is 3.10. The Labute approximate surface area is 161 Å². The number of hydrogen-bond acceptors (Lipinski definition) is 2. The second-order valence-electron chi connectivity index (χ2n) is 7.08. The largest absolute Gasteiger partial charge is 0.352 e. The minimum atomic E-state index is 0.00728. The Balaban J connectivity index is 1.57. The van der Waals surface area contributed by atoms with Crippen molar-refractivity contribution >= 4 is 5.91 Å². The van der Waals surface area contributed by atoms with Crippen LogP contribution in [0.25, 0.3) is 0 Å². The molecule has 1 N–H and O–H groups in total. The van der Waals surface area contributed by atoms with E-state index in [9.17, 15) is 4.79 Å². The minimum Gasteiger partial charge on any atom is -0.352 e. The van der Waals surface area contributed by atoms with E-state index in [4.69, 9.17) is 0 Å². The molecule has 1 aromatic heterocycles. The van der Waals surface area contributed by atoms with Crippen LogP contribution >= 0.6 is 0 Å². The van der Waals surface area contributed by atoms with Crippen molar-refractivity contribution in [2.24, 2.45) is 5.92 Å². The molecular weight excluding hydrogens is 334 g/mol. The summed E-state index contributed by atoms with van der Waals surface area (Å²) in [6.45, 7) is 5.63. The molecule has 27 heavy (non-hydrogen) atoms. The third kappa shape index (κ3) is 5.30. The van der Waals surface area contributed by atoms with Gasteiger partial charge in [-0.05, 0) is 42.9 Å². The Hall–Kier alpha value is -2.88. The maximum absolute atomic E-state index is 12.7. The molecule has 0 aliphatic carbocycles. The molecule has 0 fully saturated rings. The summed E-state index contributed by atoms with van der Waals surface area (Å²) in [5.74, 6) is 1.34. The standard InChI is InChI=1S/C23H27N3O/c1-18(17-26-15-14-24-19(26)2)16-25-23(27)22-11-7-6-10-21(22)13-12-20-8-4-3-5-9-20/h3-11,14-15,18H,12-13,16-17H2,1-2H3,(H,25,27). The zero-order chi connectivity index (χ0) is 19.1. The van der Waals surface area contributed by atoms with Crippen molar-refractivity contribution in [1.82, 2.24) is 14.9 Å². The van der Waals surface area contributed by atoms with Gasteiger partial charge in [-0.25, -0.2) is 4.98 Å². The Kier molecular flexibility index (Phi) is 6.42. The van der Waals surface area contributed by atoms with Crippen LogP contribution in [0, 0.1) is 12.8 Å². The smallest absolute Gasteiger partial charge is 0.251 e. The van der Waals surface area contributed by atoms with Gasteiger partial charge in [0.05, 0.1) is 0 Å². The summed E-state index contributed by atoms with van der Waals surface area (Å²) in [7, 11) is 0. The zero-order valence-electron chi connectivity index (χ0n) is 16.1. The Morgan fingerprint density at radius 1 is 1.07 bits per heavy atom. The van der Waals surface area contributed by atoms with Crippen molar-refractivity contribution in [1.29, 1.82) is 0 Å². The summed E-state index contributed by atoms with van der Waals surface area (Å²) in [6.07, 6.45) is 5.58.